The van der Waals surface area contributed by atoms with Crippen molar-refractivity contribution in [1.82, 2.24) is 0 Å². The highest BCUT2D eigenvalue weighted by Gasteiger charge is 2.65. The lowest BCUT2D eigenvalue weighted by atomic mass is 10.0. The minimum absolute atomic E-state index is 0.190. The van der Waals surface area contributed by atoms with Gasteiger partial charge in [-0.05, 0) is 47.9 Å². The summed E-state index contributed by atoms with van der Waals surface area (Å²) in [5, 5.41) is 0.613. The Morgan fingerprint density at radius 3 is 2.28 bits per heavy atom. The summed E-state index contributed by atoms with van der Waals surface area (Å²) in [6, 6.07) is 22.1. The Bertz CT molecular complexity index is 1240. The highest BCUT2D eigenvalue weighted by molar-refractivity contribution is 7.88. The number of anilines is 2. The fourth-order valence-electron chi connectivity index (χ4n) is 4.53. The molecule has 1 fully saturated rings. The molecule has 0 aliphatic carbocycles. The summed E-state index contributed by atoms with van der Waals surface area (Å²) >= 11 is 6.02. The second-order valence-corrected chi connectivity index (χ2v) is 9.92. The van der Waals surface area contributed by atoms with Crippen molar-refractivity contribution < 1.29 is 13.8 Å². The molecule has 162 valence electrons. The number of fused-ring (bicyclic) bond motifs is 2. The van der Waals surface area contributed by atoms with Gasteiger partial charge in [0.2, 0.25) is 10.8 Å². The number of aryl methyl sites for hydroxylation is 1. The molecule has 7 heteroatoms. The van der Waals surface area contributed by atoms with E-state index in [1.807, 2.05) is 54.6 Å². The lowest BCUT2D eigenvalue weighted by molar-refractivity contribution is -0.123. The molecule has 3 aromatic carbocycles. The first kappa shape index (κ1) is 20.9. The zero-order valence-corrected chi connectivity index (χ0v) is 19.0. The predicted molar refractivity (Wildman–Crippen MR) is 127 cm³/mol. The van der Waals surface area contributed by atoms with E-state index < -0.39 is 15.7 Å². The minimum Gasteiger partial charge on any atom is -0.304 e. The lowest BCUT2D eigenvalue weighted by Crippen LogP contribution is -2.52. The Labute approximate surface area is 194 Å². The van der Waals surface area contributed by atoms with Gasteiger partial charge >= 0.3 is 0 Å². The van der Waals surface area contributed by atoms with Crippen molar-refractivity contribution in [3.8, 4) is 0 Å². The number of para-hydroxylation sites is 1. The van der Waals surface area contributed by atoms with E-state index in [2.05, 4.69) is 6.92 Å². The molecule has 1 saturated heterocycles. The van der Waals surface area contributed by atoms with Gasteiger partial charge in [0, 0.05) is 16.3 Å². The SMILES string of the molecule is CCc1ccc(N2C(=O)CS(=O)C23C(=O)N(Cc2ccc(Cl)cc2)c2ccccc23)cc1. The third-order valence-corrected chi connectivity index (χ3v) is 8.10. The van der Waals surface area contributed by atoms with Crippen molar-refractivity contribution in [3.63, 3.8) is 0 Å². The average molecular weight is 465 g/mol. The number of amides is 2. The zero-order valence-electron chi connectivity index (χ0n) is 17.5. The van der Waals surface area contributed by atoms with Crippen LogP contribution in [0.15, 0.2) is 72.8 Å². The van der Waals surface area contributed by atoms with Crippen LogP contribution in [0.5, 0.6) is 0 Å². The second kappa shape index (κ2) is 7.87. The molecule has 0 saturated carbocycles. The Morgan fingerprint density at radius 2 is 1.59 bits per heavy atom. The first-order chi connectivity index (χ1) is 15.5. The van der Waals surface area contributed by atoms with Crippen LogP contribution < -0.4 is 9.80 Å². The van der Waals surface area contributed by atoms with Crippen LogP contribution >= 0.6 is 11.6 Å². The third kappa shape index (κ3) is 3.01. The van der Waals surface area contributed by atoms with Crippen molar-refractivity contribution in [2.75, 3.05) is 15.6 Å². The maximum Gasteiger partial charge on any atom is 0.271 e. The fraction of sp³-hybridized carbons (Fsp3) is 0.200. The third-order valence-electron chi connectivity index (χ3n) is 6.10. The van der Waals surface area contributed by atoms with E-state index in [0.29, 0.717) is 28.5 Å². The van der Waals surface area contributed by atoms with Crippen molar-refractivity contribution >= 4 is 45.6 Å². The van der Waals surface area contributed by atoms with E-state index in [-0.39, 0.29) is 17.6 Å². The molecular weight excluding hydrogens is 444 g/mol. The number of hydrogen-bond acceptors (Lipinski definition) is 3. The van der Waals surface area contributed by atoms with E-state index in [1.54, 1.807) is 23.1 Å². The van der Waals surface area contributed by atoms with E-state index in [1.165, 1.54) is 4.90 Å². The number of benzene rings is 3. The summed E-state index contributed by atoms with van der Waals surface area (Å²) in [5.41, 5.74) is 3.87. The number of hydrogen-bond donors (Lipinski definition) is 0. The molecule has 0 bridgehead atoms. The normalized spacial score (nSPS) is 22.1. The molecule has 5 nitrogen and oxygen atoms in total. The topological polar surface area (TPSA) is 57.7 Å². The zero-order chi connectivity index (χ0) is 22.5. The van der Waals surface area contributed by atoms with Crippen LogP contribution in [0, 0.1) is 0 Å². The molecule has 0 N–H and O–H groups in total. The summed E-state index contributed by atoms with van der Waals surface area (Å²) in [7, 11) is -1.73. The number of carbonyl (C=O) groups excluding carboxylic acids is 2. The Balaban J connectivity index is 1.65. The molecule has 2 unspecified atom stereocenters. The first-order valence-corrected chi connectivity index (χ1v) is 12.1. The largest absolute Gasteiger partial charge is 0.304 e. The fourth-order valence-corrected chi connectivity index (χ4v) is 6.36. The van der Waals surface area contributed by atoms with Crippen LogP contribution in [0.4, 0.5) is 11.4 Å². The van der Waals surface area contributed by atoms with E-state index in [4.69, 9.17) is 11.6 Å². The molecule has 2 aliphatic rings. The predicted octanol–water partition coefficient (Wildman–Crippen LogP) is 4.40. The summed E-state index contributed by atoms with van der Waals surface area (Å²) < 4.78 is 13.5. The van der Waals surface area contributed by atoms with E-state index in [0.717, 1.165) is 17.5 Å². The number of nitrogens with zero attached hydrogens (tertiary/aromatic N) is 2. The second-order valence-electron chi connectivity index (χ2n) is 7.92. The van der Waals surface area contributed by atoms with Crippen molar-refractivity contribution in [2.45, 2.75) is 24.8 Å². The van der Waals surface area contributed by atoms with Gasteiger partial charge in [-0.1, -0.05) is 61.0 Å². The van der Waals surface area contributed by atoms with Gasteiger partial charge in [-0.2, -0.15) is 0 Å². The van der Waals surface area contributed by atoms with Gasteiger partial charge in [0.25, 0.3) is 5.91 Å². The maximum atomic E-state index is 14.0. The van der Waals surface area contributed by atoms with Gasteiger partial charge in [-0.15, -0.1) is 0 Å². The van der Waals surface area contributed by atoms with Crippen molar-refractivity contribution in [2.24, 2.45) is 0 Å². The standard InChI is InChI=1S/C25H21ClN2O3S/c1-2-17-9-13-20(14-10-17)28-23(29)16-32(31)25(28)21-5-3-4-6-22(21)27(24(25)30)15-18-7-11-19(26)12-8-18/h3-14H,2,15-16H2,1H3. The molecule has 32 heavy (non-hydrogen) atoms. The molecular formula is C25H21ClN2O3S. The highest BCUT2D eigenvalue weighted by Crippen LogP contribution is 2.51. The number of rotatable bonds is 4. The average Bonchev–Trinajstić information content (AvgIpc) is 3.21. The Morgan fingerprint density at radius 1 is 0.938 bits per heavy atom. The Kier molecular flexibility index (Phi) is 5.14. The van der Waals surface area contributed by atoms with Crippen molar-refractivity contribution in [1.29, 1.82) is 0 Å². The lowest BCUT2D eigenvalue weighted by Gasteiger charge is -2.32. The molecule has 3 aromatic rings. The maximum absolute atomic E-state index is 14.0. The summed E-state index contributed by atoms with van der Waals surface area (Å²) in [6.45, 7) is 2.35. The molecule has 1 spiro atoms. The first-order valence-electron chi connectivity index (χ1n) is 10.4. The van der Waals surface area contributed by atoms with Crippen molar-refractivity contribution in [3.05, 3.63) is 94.5 Å². The number of halogens is 1. The van der Waals surface area contributed by atoms with Gasteiger partial charge in [-0.3, -0.25) is 18.7 Å². The molecule has 2 atom stereocenters. The molecule has 2 aliphatic heterocycles. The van der Waals surface area contributed by atoms with Gasteiger partial charge in [0.1, 0.15) is 5.75 Å². The summed E-state index contributed by atoms with van der Waals surface area (Å²) in [6.07, 6.45) is 0.863. The van der Waals surface area contributed by atoms with Crippen LogP contribution in [0.2, 0.25) is 5.02 Å². The quantitative estimate of drug-likeness (QED) is 0.575. The monoisotopic (exact) mass is 464 g/mol. The van der Waals surface area contributed by atoms with Gasteiger partial charge in [-0.25, -0.2) is 0 Å². The van der Waals surface area contributed by atoms with Gasteiger partial charge < -0.3 is 4.90 Å². The summed E-state index contributed by atoms with van der Waals surface area (Å²) in [4.78, 5) is 28.7. The molecule has 2 amide bonds. The number of carbonyl (C=O) groups is 2. The molecule has 2 heterocycles. The summed E-state index contributed by atoms with van der Waals surface area (Å²) in [5.74, 6) is -0.855. The van der Waals surface area contributed by atoms with Crippen LogP contribution in [-0.4, -0.2) is 21.8 Å². The van der Waals surface area contributed by atoms with Crippen LogP contribution in [-0.2, 0) is 38.2 Å². The van der Waals surface area contributed by atoms with Crippen LogP contribution in [0.25, 0.3) is 0 Å². The molecule has 0 radical (unpaired) electrons. The smallest absolute Gasteiger partial charge is 0.271 e. The van der Waals surface area contributed by atoms with Gasteiger partial charge in [0.15, 0.2) is 0 Å². The molecule has 5 rings (SSSR count). The van der Waals surface area contributed by atoms with Gasteiger partial charge in [0.05, 0.1) is 23.0 Å². The van der Waals surface area contributed by atoms with Crippen LogP contribution in [0.3, 0.4) is 0 Å². The van der Waals surface area contributed by atoms with E-state index >= 15 is 0 Å². The van der Waals surface area contributed by atoms with E-state index in [9.17, 15) is 13.8 Å². The van der Waals surface area contributed by atoms with Crippen LogP contribution in [0.1, 0.15) is 23.6 Å². The highest BCUT2D eigenvalue weighted by atomic mass is 35.5. The minimum atomic E-state index is -1.73. The molecule has 0 aromatic heterocycles. The Hall–Kier alpha value is -2.96.